The Labute approximate surface area is 145 Å². The third-order valence-corrected chi connectivity index (χ3v) is 4.54. The third kappa shape index (κ3) is 3.65. The van der Waals surface area contributed by atoms with Crippen LogP contribution in [0.2, 0.25) is 0 Å². The minimum atomic E-state index is -0.726. The number of nitrogens with one attached hydrogen (secondary N) is 3. The molecule has 2 atom stereocenters. The van der Waals surface area contributed by atoms with Gasteiger partial charge in [-0.1, -0.05) is 18.2 Å². The second-order valence-electron chi connectivity index (χ2n) is 6.43. The van der Waals surface area contributed by atoms with Crippen LogP contribution in [0, 0.1) is 0 Å². The van der Waals surface area contributed by atoms with Crippen molar-refractivity contribution >= 4 is 28.6 Å². The van der Waals surface area contributed by atoms with Gasteiger partial charge in [-0.3, -0.25) is 14.4 Å². The summed E-state index contributed by atoms with van der Waals surface area (Å²) in [6, 6.07) is 6.55. The van der Waals surface area contributed by atoms with E-state index in [2.05, 4.69) is 15.6 Å². The van der Waals surface area contributed by atoms with Crippen molar-refractivity contribution in [1.82, 2.24) is 20.5 Å². The van der Waals surface area contributed by atoms with E-state index in [1.54, 1.807) is 11.9 Å². The third-order valence-electron chi connectivity index (χ3n) is 4.54. The summed E-state index contributed by atoms with van der Waals surface area (Å²) in [4.78, 5) is 40.9. The number of aromatic nitrogens is 1. The number of aromatic amines is 1. The van der Waals surface area contributed by atoms with Crippen LogP contribution in [-0.4, -0.2) is 53.3 Å². The molecule has 3 rings (SSSR count). The van der Waals surface area contributed by atoms with Gasteiger partial charge in [0.2, 0.25) is 17.7 Å². The van der Waals surface area contributed by atoms with Gasteiger partial charge in [-0.2, -0.15) is 0 Å². The summed E-state index contributed by atoms with van der Waals surface area (Å²) in [5, 5.41) is 6.48. The zero-order valence-electron chi connectivity index (χ0n) is 14.3. The predicted molar refractivity (Wildman–Crippen MR) is 93.8 cm³/mol. The standard InChI is InChI=1S/C18H22N4O3/c1-11(23)20-16(17(24)21-15-7-8-22(2)18(15)25)9-12-10-19-14-6-4-3-5-13(12)14/h3-6,10,15-16,19H,7-9H2,1-2H3,(H,20,23)(H,21,24). The largest absolute Gasteiger partial charge is 0.361 e. The van der Waals surface area contributed by atoms with E-state index < -0.39 is 12.1 Å². The molecule has 2 unspecified atom stereocenters. The maximum absolute atomic E-state index is 12.6. The fraction of sp³-hybridized carbons (Fsp3) is 0.389. The summed E-state index contributed by atoms with van der Waals surface area (Å²) in [6.07, 6.45) is 2.79. The van der Waals surface area contributed by atoms with Crippen LogP contribution < -0.4 is 10.6 Å². The van der Waals surface area contributed by atoms with Crippen LogP contribution in [-0.2, 0) is 20.8 Å². The minimum absolute atomic E-state index is 0.0954. The van der Waals surface area contributed by atoms with Gasteiger partial charge in [0, 0.05) is 44.0 Å². The summed E-state index contributed by atoms with van der Waals surface area (Å²) in [6.45, 7) is 2.00. The number of carbonyl (C=O) groups is 3. The zero-order valence-corrected chi connectivity index (χ0v) is 14.3. The average molecular weight is 342 g/mol. The first-order valence-corrected chi connectivity index (χ1v) is 8.33. The van der Waals surface area contributed by atoms with Gasteiger partial charge in [0.1, 0.15) is 12.1 Å². The number of hydrogen-bond acceptors (Lipinski definition) is 3. The summed E-state index contributed by atoms with van der Waals surface area (Å²) in [7, 11) is 1.71. The van der Waals surface area contributed by atoms with Gasteiger partial charge in [0.15, 0.2) is 0 Å². The average Bonchev–Trinajstić information content (AvgIpc) is 3.12. The highest BCUT2D eigenvalue weighted by atomic mass is 16.2. The van der Waals surface area contributed by atoms with Gasteiger partial charge in [-0.15, -0.1) is 0 Å². The van der Waals surface area contributed by atoms with Crippen LogP contribution in [0.5, 0.6) is 0 Å². The maximum atomic E-state index is 12.6. The Morgan fingerprint density at radius 1 is 1.36 bits per heavy atom. The Bertz CT molecular complexity index is 814. The molecule has 7 nitrogen and oxygen atoms in total. The number of para-hydroxylation sites is 1. The lowest BCUT2D eigenvalue weighted by Crippen LogP contribution is -2.51. The van der Waals surface area contributed by atoms with Crippen LogP contribution in [0.3, 0.4) is 0 Å². The fourth-order valence-electron chi connectivity index (χ4n) is 3.20. The fourth-order valence-corrected chi connectivity index (χ4v) is 3.20. The molecule has 1 aromatic heterocycles. The van der Waals surface area contributed by atoms with E-state index >= 15 is 0 Å². The molecule has 3 amide bonds. The number of benzene rings is 1. The molecule has 0 spiro atoms. The van der Waals surface area contributed by atoms with Crippen molar-refractivity contribution in [2.24, 2.45) is 0 Å². The van der Waals surface area contributed by atoms with Gasteiger partial charge in [-0.05, 0) is 18.1 Å². The van der Waals surface area contributed by atoms with E-state index in [1.807, 2.05) is 30.5 Å². The topological polar surface area (TPSA) is 94.3 Å². The highest BCUT2D eigenvalue weighted by Crippen LogP contribution is 2.19. The summed E-state index contributed by atoms with van der Waals surface area (Å²) >= 11 is 0. The molecule has 3 N–H and O–H groups in total. The van der Waals surface area contributed by atoms with Crippen molar-refractivity contribution in [3.63, 3.8) is 0 Å². The van der Waals surface area contributed by atoms with Gasteiger partial charge >= 0.3 is 0 Å². The van der Waals surface area contributed by atoms with Crippen molar-refractivity contribution < 1.29 is 14.4 Å². The molecular weight excluding hydrogens is 320 g/mol. The lowest BCUT2D eigenvalue weighted by Gasteiger charge is -2.20. The van der Waals surface area contributed by atoms with Gasteiger partial charge in [0.05, 0.1) is 0 Å². The Hall–Kier alpha value is -2.83. The molecule has 132 valence electrons. The molecule has 0 bridgehead atoms. The van der Waals surface area contributed by atoms with Crippen LogP contribution in [0.15, 0.2) is 30.5 Å². The number of H-pyrrole nitrogens is 1. The quantitative estimate of drug-likeness (QED) is 0.741. The van der Waals surface area contributed by atoms with Crippen molar-refractivity contribution in [2.75, 3.05) is 13.6 Å². The molecule has 0 radical (unpaired) electrons. The second-order valence-corrected chi connectivity index (χ2v) is 6.43. The van der Waals surface area contributed by atoms with Gasteiger partial charge < -0.3 is 20.5 Å². The van der Waals surface area contributed by atoms with E-state index in [0.29, 0.717) is 19.4 Å². The van der Waals surface area contributed by atoms with Crippen molar-refractivity contribution in [2.45, 2.75) is 31.8 Å². The molecule has 7 heteroatoms. The summed E-state index contributed by atoms with van der Waals surface area (Å²) in [5.74, 6) is -0.717. The Morgan fingerprint density at radius 3 is 2.80 bits per heavy atom. The highest BCUT2D eigenvalue weighted by Gasteiger charge is 2.32. The van der Waals surface area contributed by atoms with E-state index in [1.165, 1.54) is 6.92 Å². The highest BCUT2D eigenvalue weighted by molar-refractivity contribution is 5.93. The maximum Gasteiger partial charge on any atom is 0.244 e. The first-order valence-electron chi connectivity index (χ1n) is 8.33. The van der Waals surface area contributed by atoms with Crippen molar-refractivity contribution in [3.05, 3.63) is 36.0 Å². The monoisotopic (exact) mass is 342 g/mol. The molecule has 0 saturated carbocycles. The summed E-state index contributed by atoms with van der Waals surface area (Å²) < 4.78 is 0. The van der Waals surface area contributed by atoms with Crippen LogP contribution in [0.4, 0.5) is 0 Å². The number of likely N-dealkylation sites (N-methyl/N-ethyl adjacent to an activating group) is 1. The second kappa shape index (κ2) is 6.96. The molecule has 1 aliphatic heterocycles. The summed E-state index contributed by atoms with van der Waals surface area (Å²) in [5.41, 5.74) is 1.92. The molecule has 1 saturated heterocycles. The van der Waals surface area contributed by atoms with E-state index in [-0.39, 0.29) is 17.7 Å². The zero-order chi connectivity index (χ0) is 18.0. The Balaban J connectivity index is 1.76. The van der Waals surface area contributed by atoms with Crippen molar-refractivity contribution in [3.8, 4) is 0 Å². The first-order chi connectivity index (χ1) is 12.0. The van der Waals surface area contributed by atoms with Crippen molar-refractivity contribution in [1.29, 1.82) is 0 Å². The molecule has 25 heavy (non-hydrogen) atoms. The van der Waals surface area contributed by atoms with E-state index in [0.717, 1.165) is 16.5 Å². The lowest BCUT2D eigenvalue weighted by atomic mass is 10.0. The van der Waals surface area contributed by atoms with Crippen LogP contribution in [0.25, 0.3) is 10.9 Å². The number of nitrogens with zero attached hydrogens (tertiary/aromatic N) is 1. The Morgan fingerprint density at radius 2 is 2.12 bits per heavy atom. The van der Waals surface area contributed by atoms with Gasteiger partial charge in [0.25, 0.3) is 0 Å². The number of hydrogen-bond donors (Lipinski definition) is 3. The molecule has 1 aliphatic rings. The Kier molecular flexibility index (Phi) is 4.74. The lowest BCUT2D eigenvalue weighted by molar-refractivity contribution is -0.133. The predicted octanol–water partition coefficient (Wildman–Crippen LogP) is 0.562. The number of amides is 3. The first kappa shape index (κ1) is 17.0. The van der Waals surface area contributed by atoms with Crippen LogP contribution >= 0.6 is 0 Å². The molecule has 2 aromatic rings. The number of likely N-dealkylation sites (tertiary alicyclic amines) is 1. The normalized spacial score (nSPS) is 18.4. The molecule has 2 heterocycles. The molecular formula is C18H22N4O3. The number of fused-ring (bicyclic) bond motifs is 1. The minimum Gasteiger partial charge on any atom is -0.361 e. The van der Waals surface area contributed by atoms with Gasteiger partial charge in [-0.25, -0.2) is 0 Å². The smallest absolute Gasteiger partial charge is 0.244 e. The van der Waals surface area contributed by atoms with E-state index in [4.69, 9.17) is 0 Å². The molecule has 1 aromatic carbocycles. The SMILES string of the molecule is CC(=O)NC(Cc1c[nH]c2ccccc12)C(=O)NC1CCN(C)C1=O. The molecule has 1 fully saturated rings. The van der Waals surface area contributed by atoms with Crippen LogP contribution in [0.1, 0.15) is 18.9 Å². The van der Waals surface area contributed by atoms with E-state index in [9.17, 15) is 14.4 Å². The number of rotatable bonds is 5. The number of carbonyl (C=O) groups excluding carboxylic acids is 3. The molecule has 0 aliphatic carbocycles.